The highest BCUT2D eigenvalue weighted by atomic mass is 19.1. The molecule has 3 rings (SSSR count). The summed E-state index contributed by atoms with van der Waals surface area (Å²) >= 11 is 0. The number of likely N-dealkylation sites (N-methyl/N-ethyl adjacent to an activating group) is 1. The topological polar surface area (TPSA) is 75.2 Å². The molecule has 6 nitrogen and oxygen atoms in total. The SMILES string of the molecule is CN(CCc1ccncc1)C(=O)c1ccnc(C(=O)NCc2ccc(F)cc2)c1. The third-order valence-corrected chi connectivity index (χ3v) is 4.44. The van der Waals surface area contributed by atoms with Gasteiger partial charge in [-0.25, -0.2) is 4.39 Å². The van der Waals surface area contributed by atoms with Crippen molar-refractivity contribution in [3.8, 4) is 0 Å². The maximum absolute atomic E-state index is 13.0. The van der Waals surface area contributed by atoms with Gasteiger partial charge in [0.05, 0.1) is 0 Å². The number of benzene rings is 1. The second kappa shape index (κ2) is 9.54. The van der Waals surface area contributed by atoms with Gasteiger partial charge in [0.2, 0.25) is 0 Å². The summed E-state index contributed by atoms with van der Waals surface area (Å²) in [4.78, 5) is 34.7. The number of hydrogen-bond acceptors (Lipinski definition) is 4. The zero-order valence-corrected chi connectivity index (χ0v) is 16.0. The molecule has 2 amide bonds. The molecule has 0 aliphatic heterocycles. The lowest BCUT2D eigenvalue weighted by Crippen LogP contribution is -2.29. The van der Waals surface area contributed by atoms with Crippen LogP contribution in [0.5, 0.6) is 0 Å². The van der Waals surface area contributed by atoms with Gasteiger partial charge >= 0.3 is 0 Å². The number of carbonyl (C=O) groups is 2. The lowest BCUT2D eigenvalue weighted by atomic mass is 10.1. The van der Waals surface area contributed by atoms with Crippen molar-refractivity contribution in [1.29, 1.82) is 0 Å². The molecular weight excluding hydrogens is 371 g/mol. The van der Waals surface area contributed by atoms with Crippen LogP contribution in [0.2, 0.25) is 0 Å². The Morgan fingerprint density at radius 2 is 1.72 bits per heavy atom. The van der Waals surface area contributed by atoms with Gasteiger partial charge in [-0.3, -0.25) is 19.6 Å². The van der Waals surface area contributed by atoms with Crippen molar-refractivity contribution in [1.82, 2.24) is 20.2 Å². The lowest BCUT2D eigenvalue weighted by Gasteiger charge is -2.17. The molecule has 7 heteroatoms. The van der Waals surface area contributed by atoms with Gasteiger partial charge in [-0.15, -0.1) is 0 Å². The summed E-state index contributed by atoms with van der Waals surface area (Å²) in [6.07, 6.45) is 5.59. The second-order valence-electron chi connectivity index (χ2n) is 6.57. The van der Waals surface area contributed by atoms with Gasteiger partial charge in [0.1, 0.15) is 11.5 Å². The molecule has 1 aromatic carbocycles. The number of nitrogens with one attached hydrogen (secondary N) is 1. The van der Waals surface area contributed by atoms with Crippen LogP contribution >= 0.6 is 0 Å². The summed E-state index contributed by atoms with van der Waals surface area (Å²) in [5.74, 6) is -0.918. The minimum absolute atomic E-state index is 0.153. The number of rotatable bonds is 7. The van der Waals surface area contributed by atoms with E-state index < -0.39 is 5.91 Å². The van der Waals surface area contributed by atoms with Crippen molar-refractivity contribution in [3.63, 3.8) is 0 Å². The van der Waals surface area contributed by atoms with Crippen molar-refractivity contribution in [2.45, 2.75) is 13.0 Å². The van der Waals surface area contributed by atoms with Gasteiger partial charge in [-0.05, 0) is 53.9 Å². The molecule has 0 aliphatic rings. The van der Waals surface area contributed by atoms with E-state index in [1.165, 1.54) is 24.4 Å². The van der Waals surface area contributed by atoms with Gasteiger partial charge in [0, 0.05) is 44.3 Å². The van der Waals surface area contributed by atoms with Crippen LogP contribution in [0.3, 0.4) is 0 Å². The summed E-state index contributed by atoms with van der Waals surface area (Å²) in [6.45, 7) is 0.780. The van der Waals surface area contributed by atoms with E-state index in [1.54, 1.807) is 42.5 Å². The molecule has 0 bridgehead atoms. The van der Waals surface area contributed by atoms with Crippen molar-refractivity contribution in [2.24, 2.45) is 0 Å². The predicted octanol–water partition coefficient (Wildman–Crippen LogP) is 2.86. The Hall–Kier alpha value is -3.61. The molecule has 29 heavy (non-hydrogen) atoms. The average Bonchev–Trinajstić information content (AvgIpc) is 2.77. The van der Waals surface area contributed by atoms with Crippen LogP contribution in [0.1, 0.15) is 32.0 Å². The quantitative estimate of drug-likeness (QED) is 0.671. The highest BCUT2D eigenvalue weighted by Crippen LogP contribution is 2.08. The van der Waals surface area contributed by atoms with Gasteiger partial charge in [-0.2, -0.15) is 0 Å². The molecule has 0 spiro atoms. The Bertz CT molecular complexity index is 978. The van der Waals surface area contributed by atoms with Gasteiger partial charge in [-0.1, -0.05) is 12.1 Å². The molecule has 1 N–H and O–H groups in total. The monoisotopic (exact) mass is 392 g/mol. The number of hydrogen-bond donors (Lipinski definition) is 1. The highest BCUT2D eigenvalue weighted by Gasteiger charge is 2.15. The fraction of sp³-hybridized carbons (Fsp3) is 0.182. The van der Waals surface area contributed by atoms with Gasteiger partial charge < -0.3 is 10.2 Å². The zero-order valence-electron chi connectivity index (χ0n) is 16.0. The molecule has 0 saturated carbocycles. The highest BCUT2D eigenvalue weighted by molar-refractivity contribution is 5.98. The first-order valence-electron chi connectivity index (χ1n) is 9.16. The summed E-state index contributed by atoms with van der Waals surface area (Å²) in [5.41, 5.74) is 2.41. The predicted molar refractivity (Wildman–Crippen MR) is 107 cm³/mol. The standard InChI is InChI=1S/C22H21FN4O2/c1-27(13-9-16-6-10-24-11-7-16)22(29)18-8-12-25-20(14-18)21(28)26-15-17-2-4-19(23)5-3-17/h2-8,10-12,14H,9,13,15H2,1H3,(H,26,28). The summed E-state index contributed by atoms with van der Waals surface area (Å²) in [6, 6.07) is 12.7. The van der Waals surface area contributed by atoms with Gasteiger partial charge in [0.25, 0.3) is 11.8 Å². The number of carbonyl (C=O) groups excluding carboxylic acids is 2. The molecule has 3 aromatic rings. The first-order chi connectivity index (χ1) is 14.0. The Balaban J connectivity index is 1.59. The number of aromatic nitrogens is 2. The number of pyridine rings is 2. The fourth-order valence-corrected chi connectivity index (χ4v) is 2.73. The molecule has 0 saturated heterocycles. The fourth-order valence-electron chi connectivity index (χ4n) is 2.73. The van der Waals surface area contributed by atoms with E-state index in [9.17, 15) is 14.0 Å². The third-order valence-electron chi connectivity index (χ3n) is 4.44. The summed E-state index contributed by atoms with van der Waals surface area (Å²) in [5, 5.41) is 2.72. The summed E-state index contributed by atoms with van der Waals surface area (Å²) in [7, 11) is 1.72. The van der Waals surface area contributed by atoms with Crippen molar-refractivity contribution in [2.75, 3.05) is 13.6 Å². The number of amides is 2. The van der Waals surface area contributed by atoms with E-state index in [0.717, 1.165) is 11.1 Å². The molecule has 0 unspecified atom stereocenters. The molecule has 0 radical (unpaired) electrons. The molecule has 148 valence electrons. The number of halogens is 1. The molecule has 0 fully saturated rings. The van der Waals surface area contributed by atoms with Crippen LogP contribution < -0.4 is 5.32 Å². The molecule has 0 atom stereocenters. The number of nitrogens with zero attached hydrogens (tertiary/aromatic N) is 3. The molecule has 2 heterocycles. The van der Waals surface area contributed by atoms with E-state index in [2.05, 4.69) is 15.3 Å². The van der Waals surface area contributed by atoms with E-state index in [1.807, 2.05) is 12.1 Å². The Morgan fingerprint density at radius 3 is 2.45 bits per heavy atom. The lowest BCUT2D eigenvalue weighted by molar-refractivity contribution is 0.0796. The Morgan fingerprint density at radius 1 is 1.00 bits per heavy atom. The van der Waals surface area contributed by atoms with E-state index >= 15 is 0 Å². The van der Waals surface area contributed by atoms with E-state index in [-0.39, 0.29) is 24.0 Å². The molecule has 0 aliphatic carbocycles. The minimum atomic E-state index is -0.400. The van der Waals surface area contributed by atoms with Crippen LogP contribution in [0.4, 0.5) is 4.39 Å². The zero-order chi connectivity index (χ0) is 20.6. The molecule has 2 aromatic heterocycles. The summed E-state index contributed by atoms with van der Waals surface area (Å²) < 4.78 is 13.0. The largest absolute Gasteiger partial charge is 0.347 e. The second-order valence-corrected chi connectivity index (χ2v) is 6.57. The first-order valence-corrected chi connectivity index (χ1v) is 9.16. The molecular formula is C22H21FN4O2. The smallest absolute Gasteiger partial charge is 0.270 e. The normalized spacial score (nSPS) is 10.4. The Kier molecular flexibility index (Phi) is 6.63. The minimum Gasteiger partial charge on any atom is -0.347 e. The van der Waals surface area contributed by atoms with Gasteiger partial charge in [0.15, 0.2) is 0 Å². The average molecular weight is 392 g/mol. The van der Waals surface area contributed by atoms with Crippen molar-refractivity contribution in [3.05, 3.63) is 95.3 Å². The van der Waals surface area contributed by atoms with Crippen LogP contribution in [-0.4, -0.2) is 40.3 Å². The third kappa shape index (κ3) is 5.68. The van der Waals surface area contributed by atoms with Crippen LogP contribution in [0.25, 0.3) is 0 Å². The van der Waals surface area contributed by atoms with Crippen LogP contribution in [0.15, 0.2) is 67.1 Å². The van der Waals surface area contributed by atoms with Crippen molar-refractivity contribution >= 4 is 11.8 Å². The maximum Gasteiger partial charge on any atom is 0.270 e. The van der Waals surface area contributed by atoms with Crippen LogP contribution in [-0.2, 0) is 13.0 Å². The van der Waals surface area contributed by atoms with E-state index in [4.69, 9.17) is 0 Å². The van der Waals surface area contributed by atoms with Crippen molar-refractivity contribution < 1.29 is 14.0 Å². The first kappa shape index (κ1) is 20.1. The van der Waals surface area contributed by atoms with E-state index in [0.29, 0.717) is 18.5 Å². The Labute approximate surface area is 168 Å². The van der Waals surface area contributed by atoms with Crippen LogP contribution in [0, 0.1) is 5.82 Å². The maximum atomic E-state index is 13.0.